The molecule has 3 aromatic rings. The van der Waals surface area contributed by atoms with Gasteiger partial charge in [-0.05, 0) is 37.6 Å². The zero-order valence-electron chi connectivity index (χ0n) is 15.0. The topological polar surface area (TPSA) is 51.2 Å². The van der Waals surface area contributed by atoms with Gasteiger partial charge in [-0.2, -0.15) is 0 Å². The Morgan fingerprint density at radius 3 is 2.54 bits per heavy atom. The summed E-state index contributed by atoms with van der Waals surface area (Å²) >= 11 is 1.42. The molecule has 1 aromatic heterocycles. The van der Waals surface area contributed by atoms with Crippen LogP contribution in [0.3, 0.4) is 0 Å². The highest BCUT2D eigenvalue weighted by atomic mass is 32.1. The molecule has 0 fully saturated rings. The Morgan fingerprint density at radius 1 is 1.12 bits per heavy atom. The Morgan fingerprint density at radius 2 is 1.85 bits per heavy atom. The van der Waals surface area contributed by atoms with Crippen LogP contribution >= 0.6 is 11.3 Å². The highest BCUT2D eigenvalue weighted by Gasteiger charge is 2.10. The summed E-state index contributed by atoms with van der Waals surface area (Å²) in [6.07, 6.45) is 2.12. The van der Waals surface area contributed by atoms with Gasteiger partial charge in [-0.15, -0.1) is 11.3 Å². The summed E-state index contributed by atoms with van der Waals surface area (Å²) in [5, 5.41) is 5.40. The molecule has 0 bridgehead atoms. The third-order valence-corrected chi connectivity index (χ3v) is 4.71. The predicted octanol–water partition coefficient (Wildman–Crippen LogP) is 5.55. The van der Waals surface area contributed by atoms with Crippen molar-refractivity contribution in [3.8, 4) is 17.0 Å². The van der Waals surface area contributed by atoms with E-state index in [9.17, 15) is 4.79 Å². The number of thiazole rings is 1. The smallest absolute Gasteiger partial charge is 0.257 e. The van der Waals surface area contributed by atoms with E-state index in [-0.39, 0.29) is 5.91 Å². The third kappa shape index (κ3) is 4.70. The fourth-order valence-corrected chi connectivity index (χ4v) is 3.11. The number of nitrogens with zero attached hydrogens (tertiary/aromatic N) is 1. The van der Waals surface area contributed by atoms with Gasteiger partial charge in [-0.25, -0.2) is 4.98 Å². The molecule has 0 spiro atoms. The van der Waals surface area contributed by atoms with Crippen molar-refractivity contribution in [2.75, 3.05) is 11.9 Å². The number of carbonyl (C=O) groups excluding carboxylic acids is 1. The maximum Gasteiger partial charge on any atom is 0.257 e. The first-order chi connectivity index (χ1) is 12.7. The molecule has 1 amide bonds. The van der Waals surface area contributed by atoms with Crippen molar-refractivity contribution in [2.24, 2.45) is 0 Å². The summed E-state index contributed by atoms with van der Waals surface area (Å²) in [6, 6.07) is 15.4. The highest BCUT2D eigenvalue weighted by molar-refractivity contribution is 7.14. The Bertz CT molecular complexity index is 854. The van der Waals surface area contributed by atoms with Crippen LogP contribution in [0.1, 0.15) is 35.7 Å². The SMILES string of the molecule is CCCCOc1ccc(C(=O)Nc2nc(-c3ccc(C)cc3)cs2)cc1. The van der Waals surface area contributed by atoms with Gasteiger partial charge in [0.2, 0.25) is 0 Å². The predicted molar refractivity (Wildman–Crippen MR) is 107 cm³/mol. The molecule has 0 saturated heterocycles. The van der Waals surface area contributed by atoms with Crippen molar-refractivity contribution in [1.29, 1.82) is 0 Å². The van der Waals surface area contributed by atoms with Gasteiger partial charge in [0.1, 0.15) is 5.75 Å². The minimum atomic E-state index is -0.171. The number of hydrogen-bond acceptors (Lipinski definition) is 4. The molecule has 0 radical (unpaired) electrons. The minimum absolute atomic E-state index is 0.171. The molecular weight excluding hydrogens is 344 g/mol. The van der Waals surface area contributed by atoms with Crippen LogP contribution < -0.4 is 10.1 Å². The van der Waals surface area contributed by atoms with E-state index in [1.165, 1.54) is 16.9 Å². The number of aromatic nitrogens is 1. The van der Waals surface area contributed by atoms with Crippen LogP contribution in [-0.2, 0) is 0 Å². The molecule has 134 valence electrons. The van der Waals surface area contributed by atoms with Gasteiger partial charge in [0.05, 0.1) is 12.3 Å². The lowest BCUT2D eigenvalue weighted by Gasteiger charge is -2.06. The van der Waals surface area contributed by atoms with E-state index in [4.69, 9.17) is 4.74 Å². The Hall–Kier alpha value is -2.66. The summed E-state index contributed by atoms with van der Waals surface area (Å²) in [5.41, 5.74) is 3.70. The van der Waals surface area contributed by atoms with Crippen LogP contribution in [0.2, 0.25) is 0 Å². The van der Waals surface area contributed by atoms with Crippen LogP contribution in [0.25, 0.3) is 11.3 Å². The van der Waals surface area contributed by atoms with Gasteiger partial charge in [0, 0.05) is 16.5 Å². The van der Waals surface area contributed by atoms with Crippen molar-refractivity contribution in [1.82, 2.24) is 4.98 Å². The summed E-state index contributed by atoms with van der Waals surface area (Å²) in [6.45, 7) is 4.87. The lowest BCUT2D eigenvalue weighted by Crippen LogP contribution is -2.11. The van der Waals surface area contributed by atoms with Crippen LogP contribution in [0.15, 0.2) is 53.9 Å². The standard InChI is InChI=1S/C21H22N2O2S/c1-3-4-13-25-18-11-9-17(10-12-18)20(24)23-21-22-19(14-26-21)16-7-5-15(2)6-8-16/h5-12,14H,3-4,13H2,1-2H3,(H,22,23,24). The highest BCUT2D eigenvalue weighted by Crippen LogP contribution is 2.25. The number of anilines is 1. The van der Waals surface area contributed by atoms with E-state index < -0.39 is 0 Å². The van der Waals surface area contributed by atoms with Gasteiger partial charge in [-0.1, -0.05) is 43.2 Å². The van der Waals surface area contributed by atoms with Gasteiger partial charge in [-0.3, -0.25) is 10.1 Å². The number of hydrogen-bond donors (Lipinski definition) is 1. The molecule has 1 heterocycles. The first-order valence-corrected chi connectivity index (χ1v) is 9.60. The number of amides is 1. The number of nitrogens with one attached hydrogen (secondary N) is 1. The molecule has 0 aliphatic carbocycles. The summed E-state index contributed by atoms with van der Waals surface area (Å²) < 4.78 is 5.62. The lowest BCUT2D eigenvalue weighted by molar-refractivity contribution is 0.102. The van der Waals surface area contributed by atoms with E-state index in [0.29, 0.717) is 17.3 Å². The zero-order valence-corrected chi connectivity index (χ0v) is 15.8. The van der Waals surface area contributed by atoms with E-state index in [1.807, 2.05) is 29.6 Å². The molecule has 4 nitrogen and oxygen atoms in total. The maximum absolute atomic E-state index is 12.4. The van der Waals surface area contributed by atoms with Gasteiger partial charge in [0.15, 0.2) is 5.13 Å². The molecule has 0 atom stereocenters. The van der Waals surface area contributed by atoms with Crippen LogP contribution in [0.4, 0.5) is 5.13 Å². The van der Waals surface area contributed by atoms with Crippen LogP contribution in [-0.4, -0.2) is 17.5 Å². The fraction of sp³-hybridized carbons (Fsp3) is 0.238. The fourth-order valence-electron chi connectivity index (χ4n) is 2.39. The second kappa shape index (κ2) is 8.63. The van der Waals surface area contributed by atoms with Gasteiger partial charge < -0.3 is 4.74 Å². The molecule has 0 unspecified atom stereocenters. The Balaban J connectivity index is 1.62. The molecule has 5 heteroatoms. The third-order valence-electron chi connectivity index (χ3n) is 3.96. The van der Waals surface area contributed by atoms with Crippen LogP contribution in [0.5, 0.6) is 5.75 Å². The number of carbonyl (C=O) groups is 1. The van der Waals surface area contributed by atoms with E-state index in [1.54, 1.807) is 12.1 Å². The van der Waals surface area contributed by atoms with E-state index >= 15 is 0 Å². The number of unbranched alkanes of at least 4 members (excludes halogenated alkanes) is 1. The van der Waals surface area contributed by atoms with Crippen molar-refractivity contribution in [3.05, 3.63) is 65.0 Å². The molecule has 1 N–H and O–H groups in total. The normalized spacial score (nSPS) is 10.5. The van der Waals surface area contributed by atoms with Crippen molar-refractivity contribution >= 4 is 22.4 Å². The average molecular weight is 366 g/mol. The first kappa shape index (κ1) is 18.1. The molecule has 0 aliphatic heterocycles. The number of ether oxygens (including phenoxy) is 1. The zero-order chi connectivity index (χ0) is 18.4. The Kier molecular flexibility index (Phi) is 6.02. The summed E-state index contributed by atoms with van der Waals surface area (Å²) in [4.78, 5) is 16.9. The maximum atomic E-state index is 12.4. The van der Waals surface area contributed by atoms with Crippen LogP contribution in [0, 0.1) is 6.92 Å². The van der Waals surface area contributed by atoms with Crippen molar-refractivity contribution in [2.45, 2.75) is 26.7 Å². The van der Waals surface area contributed by atoms with Gasteiger partial charge >= 0.3 is 0 Å². The van der Waals surface area contributed by atoms with Crippen molar-refractivity contribution in [3.63, 3.8) is 0 Å². The molecule has 2 aromatic carbocycles. The van der Waals surface area contributed by atoms with E-state index in [0.717, 1.165) is 29.8 Å². The largest absolute Gasteiger partial charge is 0.494 e. The second-order valence-corrected chi connectivity index (χ2v) is 6.94. The monoisotopic (exact) mass is 366 g/mol. The average Bonchev–Trinajstić information content (AvgIpc) is 3.11. The number of rotatable bonds is 7. The van der Waals surface area contributed by atoms with Crippen molar-refractivity contribution < 1.29 is 9.53 Å². The van der Waals surface area contributed by atoms with Gasteiger partial charge in [0.25, 0.3) is 5.91 Å². The minimum Gasteiger partial charge on any atom is -0.494 e. The molecule has 0 saturated carbocycles. The molecular formula is C21H22N2O2S. The molecule has 0 aliphatic rings. The molecule has 26 heavy (non-hydrogen) atoms. The second-order valence-electron chi connectivity index (χ2n) is 6.08. The first-order valence-electron chi connectivity index (χ1n) is 8.72. The lowest BCUT2D eigenvalue weighted by atomic mass is 10.1. The molecule has 3 rings (SSSR count). The van der Waals surface area contributed by atoms with E-state index in [2.05, 4.69) is 36.3 Å². The number of aryl methyl sites for hydroxylation is 1. The summed E-state index contributed by atoms with van der Waals surface area (Å²) in [5.74, 6) is 0.612. The quantitative estimate of drug-likeness (QED) is 0.558. The summed E-state index contributed by atoms with van der Waals surface area (Å²) in [7, 11) is 0. The Labute approximate surface area is 157 Å². The number of benzene rings is 2.